The molecule has 0 aromatic rings. The molecule has 0 saturated carbocycles. The molecule has 0 radical (unpaired) electrons. The summed E-state index contributed by atoms with van der Waals surface area (Å²) in [5.41, 5.74) is 0. The van der Waals surface area contributed by atoms with Crippen molar-refractivity contribution in [3.8, 4) is 0 Å². The first kappa shape index (κ1) is 6.50. The molecule has 0 aromatic heterocycles. The largest absolute Gasteiger partial charge is 0.473 e. The van der Waals surface area contributed by atoms with Gasteiger partial charge in [-0.2, -0.15) is 0 Å². The number of hydrogen-bond donors (Lipinski definition) is 1. The Morgan fingerprint density at radius 2 is 2.29 bits per heavy atom. The highest BCUT2D eigenvalue weighted by molar-refractivity contribution is 4.64. The molecule has 0 rings (SSSR count). The topological polar surface area (TPSA) is 29.5 Å². The maximum Gasteiger partial charge on any atom is 0.193 e. The third-order valence-corrected chi connectivity index (χ3v) is 0.412. The number of rotatable bonds is 2. The summed E-state index contributed by atoms with van der Waals surface area (Å²) < 4.78 is 4.57. The summed E-state index contributed by atoms with van der Waals surface area (Å²) in [6, 6.07) is 0. The van der Waals surface area contributed by atoms with E-state index in [1.807, 2.05) is 6.92 Å². The fourth-order valence-electron chi connectivity index (χ4n) is 0.192. The molecule has 0 heterocycles. The lowest BCUT2D eigenvalue weighted by molar-refractivity contribution is -0.0350. The average Bonchev–Trinajstić information content (AvgIpc) is 1.61. The maximum atomic E-state index is 8.41. The van der Waals surface area contributed by atoms with Gasteiger partial charge in [-0.1, -0.05) is 6.08 Å². The smallest absolute Gasteiger partial charge is 0.193 e. The minimum Gasteiger partial charge on any atom is -0.473 e. The van der Waals surface area contributed by atoms with Gasteiger partial charge in [-0.15, -0.1) is 0 Å². The van der Waals surface area contributed by atoms with E-state index >= 15 is 0 Å². The molecule has 0 amide bonds. The van der Waals surface area contributed by atoms with E-state index in [9.17, 15) is 0 Å². The first-order valence-electron chi connectivity index (χ1n) is 2.22. The first-order valence-corrected chi connectivity index (χ1v) is 2.22. The molecule has 7 heavy (non-hydrogen) atoms. The van der Waals surface area contributed by atoms with Gasteiger partial charge >= 0.3 is 0 Å². The van der Waals surface area contributed by atoms with Crippen LogP contribution in [0.4, 0.5) is 0 Å². The van der Waals surface area contributed by atoms with Crippen molar-refractivity contribution in [1.82, 2.24) is 0 Å². The first-order chi connectivity index (χ1) is 3.27. The molecule has 0 aliphatic heterocycles. The van der Waals surface area contributed by atoms with Crippen LogP contribution in [0.3, 0.4) is 0 Å². The van der Waals surface area contributed by atoms with Crippen molar-refractivity contribution in [1.29, 1.82) is 0 Å². The van der Waals surface area contributed by atoms with Crippen LogP contribution < -0.4 is 0 Å². The number of allylic oxidation sites excluding steroid dienone is 1. The Labute approximate surface area is 43.4 Å². The zero-order valence-electron chi connectivity index (χ0n) is 4.59. The van der Waals surface area contributed by atoms with Gasteiger partial charge in [0, 0.05) is 0 Å². The lowest BCUT2D eigenvalue weighted by atomic mass is 10.7. The van der Waals surface area contributed by atoms with Gasteiger partial charge in [-0.05, 0) is 13.8 Å². The molecule has 0 aliphatic rings. The van der Waals surface area contributed by atoms with Gasteiger partial charge in [-0.3, -0.25) is 0 Å². The van der Waals surface area contributed by atoms with Crippen molar-refractivity contribution in [2.75, 3.05) is 0 Å². The molecule has 42 valence electrons. The highest BCUT2D eigenvalue weighted by Crippen LogP contribution is 1.82. The van der Waals surface area contributed by atoms with E-state index in [-0.39, 0.29) is 0 Å². The molecular weight excluding hydrogens is 92.1 g/mol. The second kappa shape index (κ2) is 3.68. The van der Waals surface area contributed by atoms with E-state index in [0.717, 1.165) is 0 Å². The summed E-state index contributed by atoms with van der Waals surface area (Å²) in [4.78, 5) is 0. The van der Waals surface area contributed by atoms with Crippen LogP contribution in [0, 0.1) is 0 Å². The Balaban J connectivity index is 2.97. The minimum atomic E-state index is -0.684. The Bertz CT molecular complexity index is 57.1. The molecule has 2 heteroatoms. The fourth-order valence-corrected chi connectivity index (χ4v) is 0.192. The van der Waals surface area contributed by atoms with Crippen LogP contribution in [0.2, 0.25) is 0 Å². The zero-order chi connectivity index (χ0) is 5.70. The summed E-state index contributed by atoms with van der Waals surface area (Å²) >= 11 is 0. The molecule has 1 atom stereocenters. The Morgan fingerprint density at radius 3 is 2.43 bits per heavy atom. The molecule has 2 nitrogen and oxygen atoms in total. The van der Waals surface area contributed by atoms with Crippen LogP contribution in [0.5, 0.6) is 0 Å². The van der Waals surface area contributed by atoms with Crippen molar-refractivity contribution < 1.29 is 9.84 Å². The molecule has 0 fully saturated rings. The molecule has 0 saturated heterocycles. The van der Waals surface area contributed by atoms with E-state index in [1.54, 1.807) is 13.0 Å². The third kappa shape index (κ3) is 5.50. The van der Waals surface area contributed by atoms with E-state index < -0.39 is 6.29 Å². The van der Waals surface area contributed by atoms with Crippen LogP contribution in [0.1, 0.15) is 13.8 Å². The number of hydrogen-bond acceptors (Lipinski definition) is 2. The zero-order valence-corrected chi connectivity index (χ0v) is 4.59. The van der Waals surface area contributed by atoms with Crippen molar-refractivity contribution in [3.63, 3.8) is 0 Å². The highest BCUT2D eigenvalue weighted by atomic mass is 16.6. The molecular formula is C5H10O2. The Hall–Kier alpha value is -0.500. The Kier molecular flexibility index (Phi) is 3.42. The summed E-state index contributed by atoms with van der Waals surface area (Å²) in [6.45, 7) is 3.38. The van der Waals surface area contributed by atoms with Gasteiger partial charge in [0.25, 0.3) is 0 Å². The lowest BCUT2D eigenvalue weighted by Gasteiger charge is -1.99. The van der Waals surface area contributed by atoms with Crippen molar-refractivity contribution in [2.24, 2.45) is 0 Å². The number of aliphatic hydroxyl groups is 1. The maximum absolute atomic E-state index is 8.41. The summed E-state index contributed by atoms with van der Waals surface area (Å²) in [7, 11) is 0. The van der Waals surface area contributed by atoms with E-state index in [2.05, 4.69) is 4.74 Å². The van der Waals surface area contributed by atoms with Crippen molar-refractivity contribution in [3.05, 3.63) is 12.3 Å². The summed E-state index contributed by atoms with van der Waals surface area (Å²) in [5.74, 6) is 0. The van der Waals surface area contributed by atoms with Gasteiger partial charge in [0.05, 0.1) is 6.26 Å². The van der Waals surface area contributed by atoms with E-state index in [1.165, 1.54) is 6.26 Å². The highest BCUT2D eigenvalue weighted by Gasteiger charge is 1.83. The molecule has 0 bridgehead atoms. The monoisotopic (exact) mass is 102 g/mol. The van der Waals surface area contributed by atoms with Crippen molar-refractivity contribution in [2.45, 2.75) is 20.1 Å². The van der Waals surface area contributed by atoms with Gasteiger partial charge in [0.15, 0.2) is 6.29 Å². The molecule has 0 aliphatic carbocycles. The third-order valence-electron chi connectivity index (χ3n) is 0.412. The predicted octanol–water partition coefficient (Wildman–Crippen LogP) is 0.875. The molecule has 0 spiro atoms. The van der Waals surface area contributed by atoms with Crippen LogP contribution >= 0.6 is 0 Å². The molecule has 0 aromatic carbocycles. The Morgan fingerprint density at radius 1 is 1.71 bits per heavy atom. The number of aliphatic hydroxyl groups excluding tert-OH is 1. The molecule has 1 unspecified atom stereocenters. The summed E-state index contributed by atoms with van der Waals surface area (Å²) in [5, 5.41) is 8.41. The van der Waals surface area contributed by atoms with Crippen molar-refractivity contribution >= 4 is 0 Å². The van der Waals surface area contributed by atoms with Gasteiger partial charge in [-0.25, -0.2) is 0 Å². The van der Waals surface area contributed by atoms with Gasteiger partial charge < -0.3 is 9.84 Å². The predicted molar refractivity (Wildman–Crippen MR) is 27.6 cm³/mol. The fraction of sp³-hybridized carbons (Fsp3) is 0.600. The normalized spacial score (nSPS) is 14.7. The average molecular weight is 102 g/mol. The molecule has 1 N–H and O–H groups in total. The number of ether oxygens (including phenoxy) is 1. The lowest BCUT2D eigenvalue weighted by Crippen LogP contribution is -1.99. The van der Waals surface area contributed by atoms with Crippen LogP contribution in [-0.2, 0) is 4.74 Å². The second-order valence-electron chi connectivity index (χ2n) is 1.20. The SMILES string of the molecule is C/C=C/OC(C)O. The van der Waals surface area contributed by atoms with Crippen LogP contribution in [-0.4, -0.2) is 11.4 Å². The van der Waals surface area contributed by atoms with Crippen LogP contribution in [0.25, 0.3) is 0 Å². The standard InChI is InChI=1S/C5H10O2/c1-3-4-7-5(2)6/h3-6H,1-2H3/b4-3+. The minimum absolute atomic E-state index is 0.684. The van der Waals surface area contributed by atoms with Crippen LogP contribution in [0.15, 0.2) is 12.3 Å². The van der Waals surface area contributed by atoms with Gasteiger partial charge in [0.1, 0.15) is 0 Å². The van der Waals surface area contributed by atoms with Gasteiger partial charge in [0.2, 0.25) is 0 Å². The van der Waals surface area contributed by atoms with E-state index in [4.69, 9.17) is 5.11 Å². The van der Waals surface area contributed by atoms with E-state index in [0.29, 0.717) is 0 Å². The second-order valence-corrected chi connectivity index (χ2v) is 1.20. The quantitative estimate of drug-likeness (QED) is 0.414. The summed E-state index contributed by atoms with van der Waals surface area (Å²) in [6.07, 6.45) is 2.48.